The van der Waals surface area contributed by atoms with Crippen molar-refractivity contribution in [3.8, 4) is 0 Å². The molecule has 3 heteroatoms. The summed E-state index contributed by atoms with van der Waals surface area (Å²) in [6.07, 6.45) is 10.8. The number of hydrogen-bond acceptors (Lipinski definition) is 2. The number of allylic oxidation sites excluding steroid dienone is 1. The lowest BCUT2D eigenvalue weighted by Crippen LogP contribution is -2.61. The Bertz CT molecular complexity index is 726. The molecule has 2 bridgehead atoms. The van der Waals surface area contributed by atoms with Crippen molar-refractivity contribution >= 4 is 5.97 Å². The smallest absolute Gasteiger partial charge is 0.307 e. The number of ether oxygens (including phenoxy) is 1. The van der Waals surface area contributed by atoms with Crippen molar-refractivity contribution in [1.82, 2.24) is 0 Å². The Morgan fingerprint density at radius 3 is 2.54 bits per heavy atom. The summed E-state index contributed by atoms with van der Waals surface area (Å²) >= 11 is 0. The van der Waals surface area contributed by atoms with Crippen molar-refractivity contribution in [2.45, 2.75) is 85.5 Å². The van der Waals surface area contributed by atoms with Crippen LogP contribution in [0, 0.1) is 39.4 Å². The van der Waals surface area contributed by atoms with Crippen LogP contribution in [0.3, 0.4) is 0 Å². The molecule has 28 heavy (non-hydrogen) atoms. The second kappa shape index (κ2) is 5.86. The van der Waals surface area contributed by atoms with Crippen molar-refractivity contribution < 1.29 is 14.6 Å². The monoisotopic (exact) mass is 386 g/mol. The first-order valence-corrected chi connectivity index (χ1v) is 11.7. The first kappa shape index (κ1) is 19.2. The molecule has 1 saturated heterocycles. The van der Waals surface area contributed by atoms with Crippen LogP contribution in [0.25, 0.3) is 0 Å². The molecule has 0 aromatic carbocycles. The number of carbonyl (C=O) groups is 1. The molecule has 0 amide bonds. The Hall–Kier alpha value is -0.830. The van der Waals surface area contributed by atoms with Crippen LogP contribution in [0.4, 0.5) is 0 Å². The standard InChI is InChI=1S/C25H38O3/c1-16-8-12-23(3)17-6-7-19-22(2)10-5-11-25(19,15-28-14-22)18(17)9-13-24(23,4)20(16)21(26)27/h16,19-20H,5-15H2,1-4H3,(H,26,27). The highest BCUT2D eigenvalue weighted by atomic mass is 16.5. The summed E-state index contributed by atoms with van der Waals surface area (Å²) in [7, 11) is 0. The van der Waals surface area contributed by atoms with Crippen molar-refractivity contribution in [3.05, 3.63) is 11.1 Å². The predicted molar refractivity (Wildman–Crippen MR) is 110 cm³/mol. The Labute approximate surface area is 170 Å². The zero-order chi connectivity index (χ0) is 19.9. The van der Waals surface area contributed by atoms with E-state index in [1.165, 1.54) is 32.1 Å². The quantitative estimate of drug-likeness (QED) is 0.576. The van der Waals surface area contributed by atoms with E-state index in [1.54, 1.807) is 11.1 Å². The van der Waals surface area contributed by atoms with E-state index in [2.05, 4.69) is 27.7 Å². The predicted octanol–water partition coefficient (Wildman–Crippen LogP) is 5.84. The molecule has 2 saturated carbocycles. The van der Waals surface area contributed by atoms with E-state index in [0.717, 1.165) is 44.8 Å². The van der Waals surface area contributed by atoms with E-state index in [0.29, 0.717) is 5.41 Å². The summed E-state index contributed by atoms with van der Waals surface area (Å²) in [6.45, 7) is 11.3. The van der Waals surface area contributed by atoms with Gasteiger partial charge in [0.1, 0.15) is 0 Å². The molecule has 4 aliphatic carbocycles. The summed E-state index contributed by atoms with van der Waals surface area (Å²) in [6, 6.07) is 0. The average Bonchev–Trinajstić information content (AvgIpc) is 2.61. The number of carboxylic acids is 1. The zero-order valence-corrected chi connectivity index (χ0v) is 18.3. The Morgan fingerprint density at radius 2 is 1.79 bits per heavy atom. The van der Waals surface area contributed by atoms with Gasteiger partial charge in [0, 0.05) is 5.41 Å². The van der Waals surface area contributed by atoms with E-state index >= 15 is 0 Å². The lowest BCUT2D eigenvalue weighted by atomic mass is 9.39. The van der Waals surface area contributed by atoms with Gasteiger partial charge in [-0.15, -0.1) is 0 Å². The van der Waals surface area contributed by atoms with Crippen LogP contribution in [0.5, 0.6) is 0 Å². The van der Waals surface area contributed by atoms with E-state index < -0.39 is 5.97 Å². The van der Waals surface area contributed by atoms with Gasteiger partial charge in [0.25, 0.3) is 0 Å². The largest absolute Gasteiger partial charge is 0.481 e. The highest BCUT2D eigenvalue weighted by Crippen LogP contribution is 2.71. The van der Waals surface area contributed by atoms with Gasteiger partial charge in [0.15, 0.2) is 0 Å². The van der Waals surface area contributed by atoms with Crippen LogP contribution in [-0.4, -0.2) is 24.3 Å². The molecule has 0 spiro atoms. The van der Waals surface area contributed by atoms with Crippen molar-refractivity contribution in [3.63, 3.8) is 0 Å². The molecule has 0 aromatic heterocycles. The second-order valence-corrected chi connectivity index (χ2v) is 11.8. The highest BCUT2D eigenvalue weighted by molar-refractivity contribution is 5.72. The molecule has 156 valence electrons. The molecular weight excluding hydrogens is 348 g/mol. The molecule has 3 nitrogen and oxygen atoms in total. The number of carboxylic acid groups (broad SMARTS) is 1. The van der Waals surface area contributed by atoms with Gasteiger partial charge < -0.3 is 9.84 Å². The van der Waals surface area contributed by atoms with Gasteiger partial charge in [-0.2, -0.15) is 0 Å². The second-order valence-electron chi connectivity index (χ2n) is 11.8. The lowest BCUT2D eigenvalue weighted by molar-refractivity contribution is -0.172. The Kier molecular flexibility index (Phi) is 4.01. The van der Waals surface area contributed by atoms with Crippen LogP contribution in [0.2, 0.25) is 0 Å². The average molecular weight is 387 g/mol. The van der Waals surface area contributed by atoms with Crippen LogP contribution >= 0.6 is 0 Å². The van der Waals surface area contributed by atoms with Gasteiger partial charge in [-0.05, 0) is 79.4 Å². The van der Waals surface area contributed by atoms with E-state index in [1.807, 2.05) is 0 Å². The van der Waals surface area contributed by atoms with Crippen LogP contribution in [0.15, 0.2) is 11.1 Å². The molecular formula is C25H38O3. The molecule has 7 unspecified atom stereocenters. The normalized spacial score (nSPS) is 53.1. The lowest BCUT2D eigenvalue weighted by Gasteiger charge is -2.66. The van der Waals surface area contributed by atoms with Gasteiger partial charge in [0.05, 0.1) is 19.1 Å². The fourth-order valence-electron chi connectivity index (χ4n) is 9.22. The van der Waals surface area contributed by atoms with Crippen molar-refractivity contribution in [2.24, 2.45) is 39.4 Å². The maximum absolute atomic E-state index is 12.3. The van der Waals surface area contributed by atoms with Crippen molar-refractivity contribution in [1.29, 1.82) is 0 Å². The van der Waals surface area contributed by atoms with Gasteiger partial charge in [0.2, 0.25) is 0 Å². The highest BCUT2D eigenvalue weighted by Gasteiger charge is 2.65. The number of hydrogen-bond donors (Lipinski definition) is 1. The molecule has 5 aliphatic rings. The first-order chi connectivity index (χ1) is 13.2. The third kappa shape index (κ3) is 2.13. The minimum Gasteiger partial charge on any atom is -0.481 e. The van der Waals surface area contributed by atoms with Gasteiger partial charge in [-0.3, -0.25) is 4.79 Å². The maximum Gasteiger partial charge on any atom is 0.307 e. The molecule has 1 N–H and O–H groups in total. The third-order valence-electron chi connectivity index (χ3n) is 10.8. The first-order valence-electron chi connectivity index (χ1n) is 11.7. The van der Waals surface area contributed by atoms with E-state index in [-0.39, 0.29) is 28.1 Å². The Balaban J connectivity index is 1.64. The van der Waals surface area contributed by atoms with Crippen LogP contribution in [-0.2, 0) is 9.53 Å². The number of fused-ring (bicyclic) bond motifs is 2. The summed E-state index contributed by atoms with van der Waals surface area (Å²) in [5.41, 5.74) is 3.93. The third-order valence-corrected chi connectivity index (χ3v) is 10.8. The summed E-state index contributed by atoms with van der Waals surface area (Å²) < 4.78 is 6.29. The van der Waals surface area contributed by atoms with Gasteiger partial charge >= 0.3 is 5.97 Å². The molecule has 7 atom stereocenters. The maximum atomic E-state index is 12.3. The minimum atomic E-state index is -0.567. The van der Waals surface area contributed by atoms with Gasteiger partial charge in [-0.25, -0.2) is 0 Å². The Morgan fingerprint density at radius 1 is 1.00 bits per heavy atom. The topological polar surface area (TPSA) is 46.5 Å². The molecule has 0 radical (unpaired) electrons. The fraction of sp³-hybridized carbons (Fsp3) is 0.880. The SMILES string of the molecule is CC1CCC2(C)C3=C(CCC2(C)C1C(=O)O)C12CCCC(C)(COC1)C2CC3. The minimum absolute atomic E-state index is 0.0428. The molecule has 3 fully saturated rings. The molecule has 1 heterocycles. The summed E-state index contributed by atoms with van der Waals surface area (Å²) in [4.78, 5) is 12.3. The number of aliphatic carboxylic acids is 1. The van der Waals surface area contributed by atoms with E-state index in [4.69, 9.17) is 4.74 Å². The molecule has 5 rings (SSSR count). The molecule has 1 aliphatic heterocycles. The molecule has 0 aromatic rings. The van der Waals surface area contributed by atoms with Crippen molar-refractivity contribution in [2.75, 3.05) is 13.2 Å². The van der Waals surface area contributed by atoms with Crippen LogP contribution in [0.1, 0.15) is 85.5 Å². The fourth-order valence-corrected chi connectivity index (χ4v) is 9.22. The summed E-state index contributed by atoms with van der Waals surface area (Å²) in [5.74, 6) is 0.271. The zero-order valence-electron chi connectivity index (χ0n) is 18.3. The van der Waals surface area contributed by atoms with Crippen LogP contribution < -0.4 is 0 Å². The van der Waals surface area contributed by atoms with E-state index in [9.17, 15) is 9.90 Å². The van der Waals surface area contributed by atoms with Gasteiger partial charge in [-0.1, -0.05) is 45.3 Å². The number of rotatable bonds is 1. The summed E-state index contributed by atoms with van der Waals surface area (Å²) in [5, 5.41) is 10.1.